The molecule has 0 saturated carbocycles. The van der Waals surface area contributed by atoms with E-state index in [2.05, 4.69) is 5.32 Å². The topological polar surface area (TPSA) is 150 Å². The molecule has 1 saturated heterocycles. The highest BCUT2D eigenvalue weighted by Crippen LogP contribution is 2.39. The van der Waals surface area contributed by atoms with Crippen molar-refractivity contribution in [2.45, 2.75) is 38.2 Å². The number of carbonyl (C=O) groups is 2. The van der Waals surface area contributed by atoms with Crippen molar-refractivity contribution in [3.05, 3.63) is 39.9 Å². The van der Waals surface area contributed by atoms with Gasteiger partial charge in [-0.05, 0) is 57.0 Å². The molecule has 0 aliphatic carbocycles. The number of ether oxygens (including phenoxy) is 5. The van der Waals surface area contributed by atoms with Crippen LogP contribution in [0.3, 0.4) is 0 Å². The Hall–Kier alpha value is -3.21. The number of methoxy groups -OCH3 is 4. The molecule has 0 radical (unpaired) electrons. The molecule has 1 fully saturated rings. The Balaban J connectivity index is 0.00000481. The average molecular weight is 539 g/mol. The highest BCUT2D eigenvalue weighted by atomic mass is 35.5. The van der Waals surface area contributed by atoms with E-state index in [-0.39, 0.29) is 34.4 Å². The molecule has 0 amide bonds. The number of nitrogens with two attached hydrogens (primary N) is 1. The van der Waals surface area contributed by atoms with Gasteiger partial charge in [-0.1, -0.05) is 11.6 Å². The maximum absolute atomic E-state index is 13.0. The van der Waals surface area contributed by atoms with E-state index in [0.29, 0.717) is 52.7 Å². The summed E-state index contributed by atoms with van der Waals surface area (Å²) in [7, 11) is 5.95. The first-order valence-corrected chi connectivity index (χ1v) is 12.1. The van der Waals surface area contributed by atoms with E-state index in [4.69, 9.17) is 41.0 Å². The van der Waals surface area contributed by atoms with Gasteiger partial charge in [-0.3, -0.25) is 4.79 Å². The lowest BCUT2D eigenvalue weighted by Crippen LogP contribution is -2.33. The molecule has 0 spiro atoms. The minimum atomic E-state index is -0.504. The lowest BCUT2D eigenvalue weighted by Gasteiger charge is -2.24. The van der Waals surface area contributed by atoms with Crippen LogP contribution in [-0.2, 0) is 11.2 Å². The summed E-state index contributed by atoms with van der Waals surface area (Å²) in [5, 5.41) is 3.47. The highest BCUT2D eigenvalue weighted by Gasteiger charge is 2.25. The van der Waals surface area contributed by atoms with Gasteiger partial charge in [0, 0.05) is 17.5 Å². The molecular weight excluding hydrogens is 504 g/mol. The number of carbonyl (C=O) groups excluding carboxylic acids is 2. The van der Waals surface area contributed by atoms with E-state index < -0.39 is 5.97 Å². The molecule has 3 rings (SSSR count). The lowest BCUT2D eigenvalue weighted by atomic mass is 9.98. The summed E-state index contributed by atoms with van der Waals surface area (Å²) in [5.74, 6) is 0.915. The Kier molecular flexibility index (Phi) is 11.3. The van der Waals surface area contributed by atoms with Crippen LogP contribution in [0.5, 0.6) is 23.0 Å². The number of hydrogen-bond donors (Lipinski definition) is 2. The number of benzene rings is 2. The molecule has 2 aromatic carbocycles. The number of nitrogens with one attached hydrogen (secondary N) is 1. The van der Waals surface area contributed by atoms with Crippen molar-refractivity contribution in [2.75, 3.05) is 47.3 Å². The highest BCUT2D eigenvalue weighted by molar-refractivity contribution is 6.33. The molecule has 5 N–H and O–H groups in total. The van der Waals surface area contributed by atoms with E-state index in [0.717, 1.165) is 25.9 Å². The minimum Gasteiger partial charge on any atom is -0.495 e. The van der Waals surface area contributed by atoms with Gasteiger partial charge in [-0.2, -0.15) is 0 Å². The molecule has 10 nitrogen and oxygen atoms in total. The van der Waals surface area contributed by atoms with Gasteiger partial charge in [0.2, 0.25) is 5.75 Å². The number of hydrogen-bond acceptors (Lipinski definition) is 9. The van der Waals surface area contributed by atoms with Gasteiger partial charge < -0.3 is 40.2 Å². The van der Waals surface area contributed by atoms with Crippen molar-refractivity contribution in [3.63, 3.8) is 0 Å². The fourth-order valence-corrected chi connectivity index (χ4v) is 4.50. The van der Waals surface area contributed by atoms with Crippen LogP contribution in [0.4, 0.5) is 5.69 Å². The predicted molar refractivity (Wildman–Crippen MR) is 141 cm³/mol. The first-order valence-electron chi connectivity index (χ1n) is 11.7. The molecule has 11 heteroatoms. The van der Waals surface area contributed by atoms with E-state index >= 15 is 0 Å². The van der Waals surface area contributed by atoms with E-state index in [1.54, 1.807) is 12.1 Å². The van der Waals surface area contributed by atoms with Gasteiger partial charge in [0.25, 0.3) is 0 Å². The third kappa shape index (κ3) is 6.97. The molecular formula is C26H35ClN2O8. The normalized spacial score (nSPS) is 13.3. The van der Waals surface area contributed by atoms with E-state index in [1.807, 2.05) is 0 Å². The van der Waals surface area contributed by atoms with Crippen molar-refractivity contribution in [3.8, 4) is 23.0 Å². The third-order valence-corrected chi connectivity index (χ3v) is 6.49. The smallest absolute Gasteiger partial charge is 0.342 e. The van der Waals surface area contributed by atoms with Crippen LogP contribution in [0.15, 0.2) is 18.2 Å². The summed E-state index contributed by atoms with van der Waals surface area (Å²) < 4.78 is 27.3. The van der Waals surface area contributed by atoms with Gasteiger partial charge in [-0.15, -0.1) is 0 Å². The molecule has 1 heterocycles. The number of piperidine rings is 1. The van der Waals surface area contributed by atoms with Crippen LogP contribution in [0, 0.1) is 0 Å². The number of nitrogen functional groups attached to an aromatic ring is 1. The molecule has 37 heavy (non-hydrogen) atoms. The van der Waals surface area contributed by atoms with Crippen molar-refractivity contribution in [2.24, 2.45) is 0 Å². The Morgan fingerprint density at radius 2 is 1.57 bits per heavy atom. The van der Waals surface area contributed by atoms with Gasteiger partial charge in [0.1, 0.15) is 17.4 Å². The fraction of sp³-hybridized carbons (Fsp3) is 0.462. The minimum absolute atomic E-state index is 0. The average Bonchev–Trinajstić information content (AvgIpc) is 2.90. The van der Waals surface area contributed by atoms with Crippen molar-refractivity contribution >= 4 is 29.0 Å². The molecule has 0 atom stereocenters. The van der Waals surface area contributed by atoms with Crippen LogP contribution >= 0.6 is 11.6 Å². The second-order valence-corrected chi connectivity index (χ2v) is 8.78. The van der Waals surface area contributed by atoms with Gasteiger partial charge in [0.15, 0.2) is 17.3 Å². The van der Waals surface area contributed by atoms with Crippen LogP contribution in [0.25, 0.3) is 0 Å². The first kappa shape index (κ1) is 30.0. The monoisotopic (exact) mass is 538 g/mol. The third-order valence-electron chi connectivity index (χ3n) is 6.17. The summed E-state index contributed by atoms with van der Waals surface area (Å²) in [6.07, 6.45) is 2.35. The molecule has 0 bridgehead atoms. The standard InChI is InChI=1S/C26H33ClN2O7.H2O/c1-32-21-12-15(13-22(33-2)25(21)35-4)20(30)7-5-6-17-23(28)19(27)14-18(24(17)34-3)26(31)36-16-8-10-29-11-9-16;/h12-14,16,29H,5-11,28H2,1-4H3;1H2. The van der Waals surface area contributed by atoms with Crippen molar-refractivity contribution in [1.82, 2.24) is 5.32 Å². The number of esters is 1. The summed E-state index contributed by atoms with van der Waals surface area (Å²) in [4.78, 5) is 25.9. The predicted octanol–water partition coefficient (Wildman–Crippen LogP) is 3.25. The maximum atomic E-state index is 13.0. The van der Waals surface area contributed by atoms with Crippen LogP contribution in [0.1, 0.15) is 52.0 Å². The quantitative estimate of drug-likeness (QED) is 0.249. The number of ketones is 1. The summed E-state index contributed by atoms with van der Waals surface area (Å²) >= 11 is 6.36. The number of anilines is 1. The summed E-state index contributed by atoms with van der Waals surface area (Å²) in [6.45, 7) is 1.59. The molecule has 1 aliphatic rings. The number of Topliss-reactive ketones (excluding diaryl/α,β-unsaturated/α-hetero) is 1. The lowest BCUT2D eigenvalue weighted by molar-refractivity contribution is 0.0226. The van der Waals surface area contributed by atoms with E-state index in [9.17, 15) is 9.59 Å². The van der Waals surface area contributed by atoms with Crippen LogP contribution in [-0.4, -0.2) is 64.9 Å². The zero-order chi connectivity index (χ0) is 26.2. The Labute approximate surface area is 221 Å². The van der Waals surface area contributed by atoms with Crippen LogP contribution in [0.2, 0.25) is 5.02 Å². The molecule has 2 aromatic rings. The van der Waals surface area contributed by atoms with Crippen LogP contribution < -0.4 is 30.0 Å². The maximum Gasteiger partial charge on any atom is 0.342 e. The Morgan fingerprint density at radius 1 is 0.973 bits per heavy atom. The molecule has 204 valence electrons. The SMILES string of the molecule is COc1cc(C(=O)CCCc2c(N)c(Cl)cc(C(=O)OC3CCNCC3)c2OC)cc(OC)c1OC.O. The Bertz CT molecular complexity index is 1080. The van der Waals surface area contributed by atoms with Gasteiger partial charge in [0.05, 0.1) is 39.1 Å². The number of rotatable bonds is 11. The molecule has 0 aromatic heterocycles. The largest absolute Gasteiger partial charge is 0.495 e. The van der Waals surface area contributed by atoms with Gasteiger partial charge >= 0.3 is 5.97 Å². The van der Waals surface area contributed by atoms with Gasteiger partial charge in [-0.25, -0.2) is 4.79 Å². The van der Waals surface area contributed by atoms with Crippen molar-refractivity contribution in [1.29, 1.82) is 0 Å². The summed E-state index contributed by atoms with van der Waals surface area (Å²) in [6, 6.07) is 4.71. The summed E-state index contributed by atoms with van der Waals surface area (Å²) in [5.41, 5.74) is 7.78. The Morgan fingerprint density at radius 3 is 2.11 bits per heavy atom. The van der Waals surface area contributed by atoms with E-state index in [1.165, 1.54) is 34.5 Å². The first-order chi connectivity index (χ1) is 17.3. The molecule has 1 aliphatic heterocycles. The van der Waals surface area contributed by atoms with Crippen molar-refractivity contribution < 1.29 is 38.7 Å². The fourth-order valence-electron chi connectivity index (χ4n) is 4.27. The molecule has 0 unspecified atom stereocenters. The second-order valence-electron chi connectivity index (χ2n) is 8.38. The zero-order valence-corrected chi connectivity index (χ0v) is 22.3. The second kappa shape index (κ2) is 13.9. The zero-order valence-electron chi connectivity index (χ0n) is 21.6. The number of halogens is 1.